The van der Waals surface area contributed by atoms with Crippen molar-refractivity contribution in [2.24, 2.45) is 0 Å². The first kappa shape index (κ1) is 14.4. The molecule has 2 heterocycles. The molecular formula is C10H17ClF2N2O2. The van der Waals surface area contributed by atoms with Crippen molar-refractivity contribution in [2.75, 3.05) is 19.6 Å². The van der Waals surface area contributed by atoms with Crippen molar-refractivity contribution < 1.29 is 18.3 Å². The van der Waals surface area contributed by atoms with Gasteiger partial charge in [0.25, 0.3) is 5.92 Å². The molecule has 0 radical (unpaired) electrons. The van der Waals surface area contributed by atoms with E-state index in [0.717, 1.165) is 4.90 Å². The molecule has 1 amide bonds. The second-order valence-electron chi connectivity index (χ2n) is 5.41. The van der Waals surface area contributed by atoms with Crippen molar-refractivity contribution >= 4 is 18.5 Å². The number of carbonyl (C=O) groups is 1. The summed E-state index contributed by atoms with van der Waals surface area (Å²) in [5.74, 6) is -2.80. The fraction of sp³-hybridized carbons (Fsp3) is 0.900. The van der Waals surface area contributed by atoms with Crippen molar-refractivity contribution in [2.45, 2.75) is 37.8 Å². The van der Waals surface area contributed by atoms with Gasteiger partial charge in [-0.05, 0) is 20.8 Å². The van der Waals surface area contributed by atoms with E-state index in [4.69, 9.17) is 4.74 Å². The van der Waals surface area contributed by atoms with Gasteiger partial charge in [-0.15, -0.1) is 12.4 Å². The summed E-state index contributed by atoms with van der Waals surface area (Å²) in [5.41, 5.74) is -1.99. The summed E-state index contributed by atoms with van der Waals surface area (Å²) in [6.45, 7) is 4.89. The third kappa shape index (κ3) is 2.08. The van der Waals surface area contributed by atoms with Crippen LogP contribution in [0, 0.1) is 0 Å². The minimum atomic E-state index is -2.80. The average Bonchev–Trinajstić information content (AvgIpc) is 1.93. The molecular weight excluding hydrogens is 254 g/mol. The molecule has 0 aromatic heterocycles. The molecule has 2 saturated heterocycles. The highest BCUT2D eigenvalue weighted by Crippen LogP contribution is 2.47. The number of amides is 1. The third-order valence-electron chi connectivity index (χ3n) is 3.00. The Morgan fingerprint density at radius 2 is 1.88 bits per heavy atom. The number of hydrogen-bond acceptors (Lipinski definition) is 3. The van der Waals surface area contributed by atoms with E-state index >= 15 is 0 Å². The van der Waals surface area contributed by atoms with Gasteiger partial charge in [-0.2, -0.15) is 0 Å². The second-order valence-corrected chi connectivity index (χ2v) is 5.41. The van der Waals surface area contributed by atoms with Crippen LogP contribution >= 0.6 is 12.4 Å². The minimum absolute atomic E-state index is 0. The zero-order valence-electron chi connectivity index (χ0n) is 10.0. The fourth-order valence-corrected chi connectivity index (χ4v) is 1.97. The van der Waals surface area contributed by atoms with E-state index in [9.17, 15) is 13.6 Å². The van der Waals surface area contributed by atoms with Gasteiger partial charge in [0.2, 0.25) is 0 Å². The highest BCUT2D eigenvalue weighted by molar-refractivity contribution is 5.85. The van der Waals surface area contributed by atoms with Crippen LogP contribution in [0.2, 0.25) is 0 Å². The predicted octanol–water partition coefficient (Wildman–Crippen LogP) is 1.64. The number of rotatable bonds is 0. The number of halogens is 3. The smallest absolute Gasteiger partial charge is 0.411 e. The topological polar surface area (TPSA) is 41.6 Å². The molecule has 0 unspecified atom stereocenters. The van der Waals surface area contributed by atoms with Crippen LogP contribution in [0.5, 0.6) is 0 Å². The van der Waals surface area contributed by atoms with E-state index in [0.29, 0.717) is 0 Å². The van der Waals surface area contributed by atoms with Gasteiger partial charge >= 0.3 is 6.09 Å². The summed E-state index contributed by atoms with van der Waals surface area (Å²) in [7, 11) is 0. The minimum Gasteiger partial charge on any atom is -0.444 e. The Hall–Kier alpha value is -0.620. The summed E-state index contributed by atoms with van der Waals surface area (Å²) >= 11 is 0. The van der Waals surface area contributed by atoms with Crippen molar-refractivity contribution in [3.63, 3.8) is 0 Å². The van der Waals surface area contributed by atoms with Crippen LogP contribution in [0.1, 0.15) is 20.8 Å². The number of alkyl halides is 2. The van der Waals surface area contributed by atoms with Crippen LogP contribution in [-0.4, -0.2) is 47.7 Å². The number of likely N-dealkylation sites (tertiary alicyclic amines) is 1. The summed E-state index contributed by atoms with van der Waals surface area (Å²) < 4.78 is 31.9. The normalized spacial score (nSPS) is 24.4. The Labute approximate surface area is 105 Å². The molecule has 4 nitrogen and oxygen atoms in total. The van der Waals surface area contributed by atoms with Crippen LogP contribution in [0.3, 0.4) is 0 Å². The lowest BCUT2D eigenvalue weighted by molar-refractivity contribution is -0.250. The Bertz CT molecular complexity index is 327. The highest BCUT2D eigenvalue weighted by Gasteiger charge is 2.72. The maximum absolute atomic E-state index is 13.4. The van der Waals surface area contributed by atoms with Crippen LogP contribution in [0.4, 0.5) is 13.6 Å². The van der Waals surface area contributed by atoms with Gasteiger partial charge < -0.3 is 10.1 Å². The lowest BCUT2D eigenvalue weighted by atomic mass is 9.76. The monoisotopic (exact) mass is 270 g/mol. The predicted molar refractivity (Wildman–Crippen MR) is 60.7 cm³/mol. The van der Waals surface area contributed by atoms with Gasteiger partial charge in [0, 0.05) is 13.1 Å². The fourth-order valence-electron chi connectivity index (χ4n) is 1.97. The van der Waals surface area contributed by atoms with Crippen molar-refractivity contribution in [3.8, 4) is 0 Å². The Morgan fingerprint density at radius 3 is 2.18 bits per heavy atom. The molecule has 2 rings (SSSR count). The van der Waals surface area contributed by atoms with Crippen LogP contribution in [0.25, 0.3) is 0 Å². The molecule has 2 fully saturated rings. The number of nitrogens with one attached hydrogen (secondary N) is 1. The van der Waals surface area contributed by atoms with E-state index in [1.54, 1.807) is 20.8 Å². The van der Waals surface area contributed by atoms with Crippen LogP contribution in [-0.2, 0) is 4.74 Å². The standard InChI is InChI=1S/C10H16F2N2O2.ClH/c1-8(2,3)16-7(15)14-6-10(11,12)9(14)4-13-5-9;/h13H,4-6H2,1-3H3;1H. The van der Waals surface area contributed by atoms with Crippen molar-refractivity contribution in [3.05, 3.63) is 0 Å². The Morgan fingerprint density at radius 1 is 1.35 bits per heavy atom. The second kappa shape index (κ2) is 3.95. The van der Waals surface area contributed by atoms with Gasteiger partial charge in [0.05, 0.1) is 6.54 Å². The molecule has 0 atom stereocenters. The van der Waals surface area contributed by atoms with Gasteiger partial charge in [0.15, 0.2) is 0 Å². The van der Waals surface area contributed by atoms with Crippen molar-refractivity contribution in [1.82, 2.24) is 10.2 Å². The molecule has 7 heteroatoms. The summed E-state index contributed by atoms with van der Waals surface area (Å²) in [6.07, 6.45) is -0.653. The van der Waals surface area contributed by atoms with Gasteiger partial charge in [0.1, 0.15) is 11.1 Å². The maximum Gasteiger partial charge on any atom is 0.411 e. The zero-order valence-corrected chi connectivity index (χ0v) is 10.9. The molecule has 1 N–H and O–H groups in total. The van der Waals surface area contributed by atoms with E-state index in [2.05, 4.69) is 5.32 Å². The van der Waals surface area contributed by atoms with Gasteiger partial charge in [-0.25, -0.2) is 13.6 Å². The molecule has 0 aromatic rings. The molecule has 2 aliphatic heterocycles. The van der Waals surface area contributed by atoms with Crippen LogP contribution < -0.4 is 5.32 Å². The summed E-state index contributed by atoms with van der Waals surface area (Å²) in [6, 6.07) is 0. The van der Waals surface area contributed by atoms with Gasteiger partial charge in [-0.3, -0.25) is 4.90 Å². The Balaban J connectivity index is 0.00000144. The molecule has 17 heavy (non-hydrogen) atoms. The molecule has 1 spiro atoms. The molecule has 2 aliphatic rings. The molecule has 0 aromatic carbocycles. The largest absolute Gasteiger partial charge is 0.444 e. The highest BCUT2D eigenvalue weighted by atomic mass is 35.5. The van der Waals surface area contributed by atoms with E-state index in [1.165, 1.54) is 0 Å². The lowest BCUT2D eigenvalue weighted by Gasteiger charge is -2.62. The SMILES string of the molecule is CC(C)(C)OC(=O)N1CC(F)(F)C12CNC2.Cl. The summed E-state index contributed by atoms with van der Waals surface area (Å²) in [4.78, 5) is 12.8. The molecule has 100 valence electrons. The first-order valence-electron chi connectivity index (χ1n) is 5.27. The van der Waals surface area contributed by atoms with Crippen LogP contribution in [0.15, 0.2) is 0 Å². The van der Waals surface area contributed by atoms with E-state index in [1.807, 2.05) is 0 Å². The quantitative estimate of drug-likeness (QED) is 0.728. The molecule has 0 saturated carbocycles. The maximum atomic E-state index is 13.4. The Kier molecular flexibility index (Phi) is 3.35. The first-order chi connectivity index (χ1) is 7.18. The first-order valence-corrected chi connectivity index (χ1v) is 5.27. The van der Waals surface area contributed by atoms with Crippen molar-refractivity contribution in [1.29, 1.82) is 0 Å². The zero-order chi connectivity index (χ0) is 12.2. The number of carbonyl (C=O) groups excluding carboxylic acids is 1. The average molecular weight is 271 g/mol. The third-order valence-corrected chi connectivity index (χ3v) is 3.00. The summed E-state index contributed by atoms with van der Waals surface area (Å²) in [5, 5.41) is 2.78. The van der Waals surface area contributed by atoms with E-state index in [-0.39, 0.29) is 25.5 Å². The van der Waals surface area contributed by atoms with E-state index < -0.39 is 29.7 Å². The number of nitrogens with zero attached hydrogens (tertiary/aromatic N) is 1. The number of hydrogen-bond donors (Lipinski definition) is 1. The number of ether oxygens (including phenoxy) is 1. The lowest BCUT2D eigenvalue weighted by Crippen LogP contribution is -2.87. The van der Waals surface area contributed by atoms with Gasteiger partial charge in [-0.1, -0.05) is 0 Å². The molecule has 0 bridgehead atoms. The molecule has 0 aliphatic carbocycles.